The zero-order valence-corrected chi connectivity index (χ0v) is 10.9. The van der Waals surface area contributed by atoms with Crippen LogP contribution in [-0.2, 0) is 11.2 Å². The summed E-state index contributed by atoms with van der Waals surface area (Å²) in [7, 11) is 0. The number of aromatic nitrogens is 1. The number of carboxylic acid groups (broad SMARTS) is 1. The molecule has 0 radical (unpaired) electrons. The summed E-state index contributed by atoms with van der Waals surface area (Å²) in [6.45, 7) is 1.13. The van der Waals surface area contributed by atoms with Crippen molar-refractivity contribution >= 4 is 22.4 Å². The summed E-state index contributed by atoms with van der Waals surface area (Å²) in [5.74, 6) is -0.220. The summed E-state index contributed by atoms with van der Waals surface area (Å²) >= 11 is 1.73. The molecule has 1 aromatic heterocycles. The van der Waals surface area contributed by atoms with E-state index in [2.05, 4.69) is 9.88 Å². The van der Waals surface area contributed by atoms with Crippen LogP contribution in [0.3, 0.4) is 0 Å². The highest BCUT2D eigenvalue weighted by molar-refractivity contribution is 7.15. The highest BCUT2D eigenvalue weighted by Crippen LogP contribution is 2.45. The van der Waals surface area contributed by atoms with Crippen molar-refractivity contribution in [3.63, 3.8) is 0 Å². The first-order valence-corrected chi connectivity index (χ1v) is 7.53. The van der Waals surface area contributed by atoms with Crippen molar-refractivity contribution in [3.05, 3.63) is 10.6 Å². The Morgan fingerprint density at radius 2 is 2.28 bits per heavy atom. The molecule has 5 heteroatoms. The van der Waals surface area contributed by atoms with Crippen LogP contribution in [0, 0.1) is 5.92 Å². The van der Waals surface area contributed by atoms with Crippen molar-refractivity contribution in [2.45, 2.75) is 44.1 Å². The van der Waals surface area contributed by atoms with Gasteiger partial charge in [-0.1, -0.05) is 0 Å². The fraction of sp³-hybridized carbons (Fsp3) is 0.692. The minimum atomic E-state index is -0.714. The van der Waals surface area contributed by atoms with E-state index in [4.69, 9.17) is 0 Å². The lowest BCUT2D eigenvalue weighted by Crippen LogP contribution is -2.31. The third-order valence-corrected chi connectivity index (χ3v) is 5.83. The number of anilines is 1. The summed E-state index contributed by atoms with van der Waals surface area (Å²) in [5.41, 5.74) is 0.852. The second-order valence-corrected chi connectivity index (χ2v) is 6.78. The molecule has 1 aromatic rings. The number of hydrogen-bond donors (Lipinski definition) is 1. The molecule has 2 fully saturated rings. The molecule has 2 bridgehead atoms. The summed E-state index contributed by atoms with van der Waals surface area (Å²) in [4.78, 5) is 19.5. The summed E-state index contributed by atoms with van der Waals surface area (Å²) in [6.07, 6.45) is 5.59. The molecule has 0 aromatic carbocycles. The zero-order chi connectivity index (χ0) is 12.3. The molecule has 0 amide bonds. The largest absolute Gasteiger partial charge is 0.481 e. The van der Waals surface area contributed by atoms with E-state index in [1.54, 1.807) is 11.3 Å². The first-order chi connectivity index (χ1) is 8.72. The topological polar surface area (TPSA) is 53.4 Å². The van der Waals surface area contributed by atoms with Gasteiger partial charge in [-0.05, 0) is 38.0 Å². The molecule has 4 nitrogen and oxygen atoms in total. The Bertz CT molecular complexity index is 513. The lowest BCUT2D eigenvalue weighted by molar-refractivity contribution is -0.138. The van der Waals surface area contributed by atoms with Crippen LogP contribution in [0.15, 0.2) is 0 Å². The van der Waals surface area contributed by atoms with Gasteiger partial charge in [0.2, 0.25) is 0 Å². The Morgan fingerprint density at radius 1 is 1.39 bits per heavy atom. The van der Waals surface area contributed by atoms with Gasteiger partial charge in [0, 0.05) is 17.5 Å². The van der Waals surface area contributed by atoms with Gasteiger partial charge in [0.25, 0.3) is 0 Å². The summed E-state index contributed by atoms with van der Waals surface area (Å²) in [5, 5.41) is 10.3. The van der Waals surface area contributed by atoms with Crippen LogP contribution in [0.1, 0.15) is 42.2 Å². The van der Waals surface area contributed by atoms with Crippen molar-refractivity contribution in [2.75, 3.05) is 11.4 Å². The molecule has 1 saturated heterocycles. The molecule has 3 aliphatic rings. The van der Waals surface area contributed by atoms with Crippen molar-refractivity contribution in [2.24, 2.45) is 5.92 Å². The zero-order valence-electron chi connectivity index (χ0n) is 10.1. The maximum atomic E-state index is 11.2. The number of hydrogen-bond acceptors (Lipinski definition) is 4. The van der Waals surface area contributed by atoms with E-state index in [9.17, 15) is 9.90 Å². The number of aliphatic carboxylic acids is 1. The molecule has 3 unspecified atom stereocenters. The molecule has 1 saturated carbocycles. The number of carboxylic acids is 1. The summed E-state index contributed by atoms with van der Waals surface area (Å²) in [6, 6.07) is 0.671. The molecule has 3 atom stereocenters. The normalized spacial score (nSPS) is 33.1. The van der Waals surface area contributed by atoms with E-state index < -0.39 is 5.97 Å². The van der Waals surface area contributed by atoms with Crippen LogP contribution in [0.5, 0.6) is 0 Å². The van der Waals surface area contributed by atoms with Gasteiger partial charge in [-0.25, -0.2) is 4.98 Å². The number of nitrogens with zero attached hydrogens (tertiary/aromatic N) is 2. The molecule has 18 heavy (non-hydrogen) atoms. The molecule has 2 aliphatic carbocycles. The lowest BCUT2D eigenvalue weighted by Gasteiger charge is -2.26. The van der Waals surface area contributed by atoms with Crippen LogP contribution < -0.4 is 4.90 Å². The maximum Gasteiger partial charge on any atom is 0.312 e. The number of piperidine rings is 1. The Kier molecular flexibility index (Phi) is 2.22. The Labute approximate surface area is 110 Å². The first kappa shape index (κ1) is 10.8. The molecule has 0 spiro atoms. The van der Waals surface area contributed by atoms with Crippen LogP contribution in [0.2, 0.25) is 0 Å². The number of thiazole rings is 1. The van der Waals surface area contributed by atoms with E-state index >= 15 is 0 Å². The molecule has 1 aliphatic heterocycles. The van der Waals surface area contributed by atoms with Gasteiger partial charge in [0.15, 0.2) is 5.13 Å². The van der Waals surface area contributed by atoms with Gasteiger partial charge in [-0.15, -0.1) is 11.3 Å². The van der Waals surface area contributed by atoms with Gasteiger partial charge < -0.3 is 10.0 Å². The van der Waals surface area contributed by atoms with Gasteiger partial charge in [-0.2, -0.15) is 0 Å². The third-order valence-electron chi connectivity index (χ3n) is 4.66. The molecule has 1 N–H and O–H groups in total. The molecular weight excluding hydrogens is 248 g/mol. The SMILES string of the molecule is O=C(O)C1CCc2sc(N3CC4CCC3C4)nc21. The average Bonchev–Trinajstić information content (AvgIpc) is 3.07. The Morgan fingerprint density at radius 3 is 2.94 bits per heavy atom. The number of rotatable bonds is 2. The highest BCUT2D eigenvalue weighted by atomic mass is 32.1. The smallest absolute Gasteiger partial charge is 0.312 e. The van der Waals surface area contributed by atoms with Crippen LogP contribution >= 0.6 is 11.3 Å². The fourth-order valence-corrected chi connectivity index (χ4v) is 4.95. The minimum Gasteiger partial charge on any atom is -0.481 e. The van der Waals surface area contributed by atoms with E-state index in [1.165, 1.54) is 24.1 Å². The standard InChI is InChI=1S/C13H16N2O2S/c16-12(17)9-3-4-10-11(9)14-13(18-10)15-6-7-1-2-8(15)5-7/h7-9H,1-6H2,(H,16,17). The van der Waals surface area contributed by atoms with Gasteiger partial charge in [0.05, 0.1) is 5.69 Å². The molecule has 4 rings (SSSR count). The third kappa shape index (κ3) is 1.43. The maximum absolute atomic E-state index is 11.2. The fourth-order valence-electron chi connectivity index (χ4n) is 3.74. The van der Waals surface area contributed by atoms with Crippen molar-refractivity contribution in [1.82, 2.24) is 4.98 Å². The second kappa shape index (κ2) is 3.70. The van der Waals surface area contributed by atoms with Crippen molar-refractivity contribution in [1.29, 1.82) is 0 Å². The van der Waals surface area contributed by atoms with Gasteiger partial charge in [0.1, 0.15) is 5.92 Å². The van der Waals surface area contributed by atoms with E-state index in [1.807, 2.05) is 0 Å². The molecular formula is C13H16N2O2S. The van der Waals surface area contributed by atoms with Gasteiger partial charge >= 0.3 is 5.97 Å². The van der Waals surface area contributed by atoms with Crippen LogP contribution in [-0.4, -0.2) is 28.6 Å². The predicted molar refractivity (Wildman–Crippen MR) is 69.3 cm³/mol. The van der Waals surface area contributed by atoms with Gasteiger partial charge in [-0.3, -0.25) is 4.79 Å². The van der Waals surface area contributed by atoms with Crippen LogP contribution in [0.4, 0.5) is 5.13 Å². The van der Waals surface area contributed by atoms with E-state index in [0.29, 0.717) is 6.04 Å². The van der Waals surface area contributed by atoms with Crippen LogP contribution in [0.25, 0.3) is 0 Å². The van der Waals surface area contributed by atoms with E-state index in [-0.39, 0.29) is 5.92 Å². The first-order valence-electron chi connectivity index (χ1n) is 6.71. The molecule has 96 valence electrons. The predicted octanol–water partition coefficient (Wildman–Crippen LogP) is 2.25. The average molecular weight is 264 g/mol. The quantitative estimate of drug-likeness (QED) is 0.890. The number of aryl methyl sites for hydroxylation is 1. The lowest BCUT2D eigenvalue weighted by atomic mass is 10.1. The van der Waals surface area contributed by atoms with Crippen molar-refractivity contribution < 1.29 is 9.90 Å². The number of carbonyl (C=O) groups is 1. The Balaban J connectivity index is 1.65. The number of fused-ring (bicyclic) bond motifs is 3. The Hall–Kier alpha value is -1.10. The van der Waals surface area contributed by atoms with Crippen molar-refractivity contribution in [3.8, 4) is 0 Å². The van der Waals surface area contributed by atoms with E-state index in [0.717, 1.165) is 36.1 Å². The monoisotopic (exact) mass is 264 g/mol. The molecule has 2 heterocycles. The second-order valence-electron chi connectivity index (χ2n) is 5.72. The minimum absolute atomic E-state index is 0.357. The summed E-state index contributed by atoms with van der Waals surface area (Å²) < 4.78 is 0. The highest BCUT2D eigenvalue weighted by Gasteiger charge is 2.40.